The van der Waals surface area contributed by atoms with E-state index in [1.54, 1.807) is 18.6 Å². The van der Waals surface area contributed by atoms with Crippen LogP contribution in [0.25, 0.3) is 0 Å². The number of nitrogens with zero attached hydrogens (tertiary/aromatic N) is 4. The average Bonchev–Trinajstić information content (AvgIpc) is 2.40. The molecule has 0 saturated carbocycles. The van der Waals surface area contributed by atoms with Gasteiger partial charge in [0.15, 0.2) is 0 Å². The van der Waals surface area contributed by atoms with Gasteiger partial charge in [0.25, 0.3) is 0 Å². The van der Waals surface area contributed by atoms with E-state index in [4.69, 9.17) is 0 Å². The number of likely N-dealkylation sites (N-methyl/N-ethyl adjacent to an activating group) is 1. The van der Waals surface area contributed by atoms with Gasteiger partial charge in [-0.15, -0.1) is 0 Å². The lowest BCUT2D eigenvalue weighted by atomic mass is 10.4. The first kappa shape index (κ1) is 12.8. The van der Waals surface area contributed by atoms with E-state index < -0.39 is 0 Å². The van der Waals surface area contributed by atoms with Crippen molar-refractivity contribution in [2.24, 2.45) is 0 Å². The Balaban J connectivity index is 1.81. The first-order chi connectivity index (χ1) is 8.75. The number of hydrogen-bond donors (Lipinski definition) is 1. The summed E-state index contributed by atoms with van der Waals surface area (Å²) in [7, 11) is 1.96. The molecule has 0 amide bonds. The van der Waals surface area contributed by atoms with E-state index >= 15 is 0 Å². The Morgan fingerprint density at radius 3 is 2.67 bits per heavy atom. The summed E-state index contributed by atoms with van der Waals surface area (Å²) in [6.07, 6.45) is 5.25. The summed E-state index contributed by atoms with van der Waals surface area (Å²) in [5.74, 6) is 1.59. The van der Waals surface area contributed by atoms with Crippen LogP contribution in [0, 0.1) is 0 Å². The fraction of sp³-hybridized carbons (Fsp3) is 0.250. The Labute approximate surface area is 114 Å². The van der Waals surface area contributed by atoms with Crippen LogP contribution in [0.5, 0.6) is 0 Å². The van der Waals surface area contributed by atoms with E-state index in [1.807, 2.05) is 30.1 Å². The smallest absolute Gasteiger partial charge is 0.225 e. The van der Waals surface area contributed by atoms with E-state index in [2.05, 4.69) is 36.2 Å². The Bertz CT molecular complexity index is 474. The summed E-state index contributed by atoms with van der Waals surface area (Å²) in [5, 5.41) is 3.24. The third-order valence-corrected chi connectivity index (χ3v) is 2.78. The van der Waals surface area contributed by atoms with Crippen molar-refractivity contribution >= 4 is 27.7 Å². The maximum absolute atomic E-state index is 4.23. The minimum absolute atomic E-state index is 0.709. The highest BCUT2D eigenvalue weighted by Crippen LogP contribution is 2.09. The molecule has 0 bridgehead atoms. The molecule has 0 unspecified atom stereocenters. The molecule has 2 heterocycles. The first-order valence-corrected chi connectivity index (χ1v) is 6.38. The number of aromatic nitrogens is 3. The van der Waals surface area contributed by atoms with Gasteiger partial charge >= 0.3 is 0 Å². The van der Waals surface area contributed by atoms with Crippen molar-refractivity contribution in [2.45, 2.75) is 0 Å². The second kappa shape index (κ2) is 6.30. The monoisotopic (exact) mass is 307 g/mol. The molecule has 2 aromatic heterocycles. The number of nitrogens with one attached hydrogen (secondary N) is 1. The highest BCUT2D eigenvalue weighted by atomic mass is 79.9. The average molecular weight is 308 g/mol. The highest BCUT2D eigenvalue weighted by Gasteiger charge is 2.03. The molecular formula is C12H14BrN5. The minimum atomic E-state index is 0.709. The molecule has 1 N–H and O–H groups in total. The van der Waals surface area contributed by atoms with Crippen LogP contribution in [-0.4, -0.2) is 35.1 Å². The van der Waals surface area contributed by atoms with Gasteiger partial charge in [-0.05, 0) is 28.1 Å². The zero-order valence-corrected chi connectivity index (χ0v) is 11.6. The molecule has 5 nitrogen and oxygen atoms in total. The molecule has 0 aliphatic carbocycles. The molecule has 2 rings (SSSR count). The number of rotatable bonds is 5. The molecule has 0 aliphatic heterocycles. The van der Waals surface area contributed by atoms with E-state index in [9.17, 15) is 0 Å². The lowest BCUT2D eigenvalue weighted by Gasteiger charge is -2.17. The second-order valence-electron chi connectivity index (χ2n) is 3.76. The SMILES string of the molecule is CN(CCNc1ccccn1)c1ncc(Br)cn1. The van der Waals surface area contributed by atoms with E-state index in [0.717, 1.165) is 23.4 Å². The van der Waals surface area contributed by atoms with Crippen LogP contribution in [0.4, 0.5) is 11.8 Å². The third kappa shape index (κ3) is 3.66. The van der Waals surface area contributed by atoms with Gasteiger partial charge < -0.3 is 10.2 Å². The minimum Gasteiger partial charge on any atom is -0.368 e. The van der Waals surface area contributed by atoms with Crippen molar-refractivity contribution in [1.82, 2.24) is 15.0 Å². The van der Waals surface area contributed by atoms with Crippen LogP contribution >= 0.6 is 15.9 Å². The van der Waals surface area contributed by atoms with Gasteiger partial charge in [-0.2, -0.15) is 0 Å². The molecule has 2 aromatic rings. The van der Waals surface area contributed by atoms with Crippen molar-refractivity contribution in [1.29, 1.82) is 0 Å². The summed E-state index contributed by atoms with van der Waals surface area (Å²) in [5.41, 5.74) is 0. The number of halogens is 1. The molecule has 0 radical (unpaired) electrons. The van der Waals surface area contributed by atoms with Crippen LogP contribution in [-0.2, 0) is 0 Å². The zero-order chi connectivity index (χ0) is 12.8. The lowest BCUT2D eigenvalue weighted by Crippen LogP contribution is -2.26. The van der Waals surface area contributed by atoms with Crippen LogP contribution < -0.4 is 10.2 Å². The summed E-state index contributed by atoms with van der Waals surface area (Å²) in [6, 6.07) is 5.79. The third-order valence-electron chi connectivity index (χ3n) is 2.37. The maximum Gasteiger partial charge on any atom is 0.225 e. The van der Waals surface area contributed by atoms with Gasteiger partial charge in [-0.25, -0.2) is 15.0 Å². The van der Waals surface area contributed by atoms with Gasteiger partial charge in [0.05, 0.1) is 4.47 Å². The Morgan fingerprint density at radius 1 is 1.22 bits per heavy atom. The van der Waals surface area contributed by atoms with Crippen molar-refractivity contribution < 1.29 is 0 Å². The first-order valence-electron chi connectivity index (χ1n) is 5.59. The quantitative estimate of drug-likeness (QED) is 0.917. The van der Waals surface area contributed by atoms with Crippen LogP contribution in [0.2, 0.25) is 0 Å². The Morgan fingerprint density at radius 2 is 2.00 bits per heavy atom. The summed E-state index contributed by atoms with van der Waals surface area (Å²) >= 11 is 3.31. The van der Waals surface area contributed by atoms with Gasteiger partial charge in [0.2, 0.25) is 5.95 Å². The zero-order valence-electron chi connectivity index (χ0n) is 10.0. The molecule has 94 valence electrons. The van der Waals surface area contributed by atoms with Crippen molar-refractivity contribution in [3.8, 4) is 0 Å². The topological polar surface area (TPSA) is 53.9 Å². The highest BCUT2D eigenvalue weighted by molar-refractivity contribution is 9.10. The second-order valence-corrected chi connectivity index (χ2v) is 4.68. The fourth-order valence-electron chi connectivity index (χ4n) is 1.42. The Kier molecular flexibility index (Phi) is 4.46. The standard InChI is InChI=1S/C12H14BrN5/c1-18(12-16-8-10(13)9-17-12)7-6-15-11-4-2-3-5-14-11/h2-5,8-9H,6-7H2,1H3,(H,14,15). The number of anilines is 2. The van der Waals surface area contributed by atoms with Gasteiger partial charge in [-0.1, -0.05) is 6.07 Å². The van der Waals surface area contributed by atoms with E-state index in [-0.39, 0.29) is 0 Å². The molecule has 0 atom stereocenters. The van der Waals surface area contributed by atoms with Crippen molar-refractivity contribution in [3.05, 3.63) is 41.3 Å². The van der Waals surface area contributed by atoms with Gasteiger partial charge in [0.1, 0.15) is 5.82 Å². The van der Waals surface area contributed by atoms with Crippen molar-refractivity contribution in [2.75, 3.05) is 30.4 Å². The van der Waals surface area contributed by atoms with Crippen LogP contribution in [0.15, 0.2) is 41.3 Å². The summed E-state index contributed by atoms with van der Waals surface area (Å²) in [6.45, 7) is 1.59. The molecule has 0 aliphatic rings. The molecule has 6 heteroatoms. The summed E-state index contributed by atoms with van der Waals surface area (Å²) in [4.78, 5) is 14.6. The van der Waals surface area contributed by atoms with E-state index in [0.29, 0.717) is 5.95 Å². The maximum atomic E-state index is 4.23. The number of pyridine rings is 1. The lowest BCUT2D eigenvalue weighted by molar-refractivity contribution is 0.862. The molecular weight excluding hydrogens is 294 g/mol. The van der Waals surface area contributed by atoms with Crippen LogP contribution in [0.1, 0.15) is 0 Å². The molecule has 18 heavy (non-hydrogen) atoms. The molecule has 0 fully saturated rings. The normalized spacial score (nSPS) is 10.1. The summed E-state index contributed by atoms with van der Waals surface area (Å²) < 4.78 is 0.881. The van der Waals surface area contributed by atoms with Crippen LogP contribution in [0.3, 0.4) is 0 Å². The molecule has 0 spiro atoms. The predicted molar refractivity (Wildman–Crippen MR) is 75.7 cm³/mol. The number of hydrogen-bond acceptors (Lipinski definition) is 5. The van der Waals surface area contributed by atoms with Gasteiger partial charge in [0, 0.05) is 38.7 Å². The molecule has 0 saturated heterocycles. The van der Waals surface area contributed by atoms with Crippen molar-refractivity contribution in [3.63, 3.8) is 0 Å². The molecule has 0 aromatic carbocycles. The van der Waals surface area contributed by atoms with Gasteiger partial charge in [-0.3, -0.25) is 0 Å². The largest absolute Gasteiger partial charge is 0.368 e. The predicted octanol–water partition coefficient (Wildman–Crippen LogP) is 2.18. The fourth-order valence-corrected chi connectivity index (χ4v) is 1.63. The van der Waals surface area contributed by atoms with E-state index in [1.165, 1.54) is 0 Å². The Hall–Kier alpha value is -1.69.